The second kappa shape index (κ2) is 8.45. The summed E-state index contributed by atoms with van der Waals surface area (Å²) in [6.45, 7) is 2.14. The highest BCUT2D eigenvalue weighted by atomic mass is 32.2. The van der Waals surface area contributed by atoms with Crippen LogP contribution < -0.4 is 4.74 Å². The lowest BCUT2D eigenvalue weighted by atomic mass is 10.3. The fourth-order valence-corrected chi connectivity index (χ4v) is 5.36. The van der Waals surface area contributed by atoms with Gasteiger partial charge in [-0.15, -0.1) is 11.3 Å². The predicted octanol–water partition coefficient (Wildman–Crippen LogP) is 1.63. The minimum atomic E-state index is -3.43. The quantitative estimate of drug-likeness (QED) is 0.765. The zero-order chi connectivity index (χ0) is 18.6. The first kappa shape index (κ1) is 19.2. The van der Waals surface area contributed by atoms with Crippen LogP contribution in [0.25, 0.3) is 0 Å². The fraction of sp³-hybridized carbons (Fsp3) is 0.412. The van der Waals surface area contributed by atoms with Crippen molar-refractivity contribution in [1.82, 2.24) is 9.21 Å². The van der Waals surface area contributed by atoms with E-state index in [1.165, 1.54) is 27.8 Å². The second-order valence-electron chi connectivity index (χ2n) is 6.03. The maximum absolute atomic E-state index is 13.5. The van der Waals surface area contributed by atoms with E-state index in [0.717, 1.165) is 0 Å². The molecule has 1 atom stereocenters. The van der Waals surface area contributed by atoms with Crippen molar-refractivity contribution in [1.29, 1.82) is 0 Å². The molecule has 142 valence electrons. The third-order valence-electron chi connectivity index (χ3n) is 4.16. The Morgan fingerprint density at radius 3 is 2.54 bits per heavy atom. The maximum atomic E-state index is 13.5. The van der Waals surface area contributed by atoms with E-state index < -0.39 is 21.9 Å². The first-order valence-corrected chi connectivity index (χ1v) is 10.6. The number of para-hydroxylation sites is 1. The number of aliphatic hydroxyl groups excluding tert-OH is 1. The van der Waals surface area contributed by atoms with Crippen LogP contribution in [0.3, 0.4) is 0 Å². The molecule has 0 aliphatic carbocycles. The molecule has 1 saturated heterocycles. The molecular weight excluding hydrogens is 379 g/mol. The lowest BCUT2D eigenvalue weighted by Crippen LogP contribution is -2.50. The van der Waals surface area contributed by atoms with Gasteiger partial charge in [-0.05, 0) is 23.6 Å². The molecule has 0 spiro atoms. The average molecular weight is 400 g/mol. The van der Waals surface area contributed by atoms with Gasteiger partial charge in [-0.3, -0.25) is 4.90 Å². The number of aliphatic hydroxyl groups is 1. The maximum Gasteiger partial charge on any atom is 0.252 e. The Labute approximate surface area is 156 Å². The van der Waals surface area contributed by atoms with Gasteiger partial charge in [-0.25, -0.2) is 12.8 Å². The molecule has 1 aromatic heterocycles. The highest BCUT2D eigenvalue weighted by molar-refractivity contribution is 7.91. The van der Waals surface area contributed by atoms with E-state index in [-0.39, 0.29) is 12.4 Å². The van der Waals surface area contributed by atoms with Crippen molar-refractivity contribution >= 4 is 21.4 Å². The van der Waals surface area contributed by atoms with Crippen LogP contribution in [0.1, 0.15) is 0 Å². The molecular formula is C17H21FN2O4S2. The lowest BCUT2D eigenvalue weighted by molar-refractivity contribution is 0.0558. The SMILES string of the molecule is O=S(=O)(c1cccs1)N1CCN(CC(O)COc2ccccc2F)CC1. The smallest absolute Gasteiger partial charge is 0.252 e. The number of ether oxygens (including phenoxy) is 1. The summed E-state index contributed by atoms with van der Waals surface area (Å²) < 4.78 is 45.6. The van der Waals surface area contributed by atoms with Crippen LogP contribution in [0.5, 0.6) is 5.75 Å². The van der Waals surface area contributed by atoms with Gasteiger partial charge < -0.3 is 9.84 Å². The van der Waals surface area contributed by atoms with Crippen LogP contribution >= 0.6 is 11.3 Å². The molecule has 0 radical (unpaired) electrons. The first-order chi connectivity index (χ1) is 12.5. The minimum Gasteiger partial charge on any atom is -0.488 e. The largest absolute Gasteiger partial charge is 0.488 e. The Bertz CT molecular complexity index is 806. The molecule has 1 aliphatic rings. The van der Waals surface area contributed by atoms with E-state index in [0.29, 0.717) is 36.9 Å². The van der Waals surface area contributed by atoms with E-state index in [9.17, 15) is 17.9 Å². The number of hydrogen-bond acceptors (Lipinski definition) is 6. The van der Waals surface area contributed by atoms with Crippen molar-refractivity contribution in [3.63, 3.8) is 0 Å². The number of sulfonamides is 1. The van der Waals surface area contributed by atoms with Crippen LogP contribution in [0.15, 0.2) is 46.0 Å². The highest BCUT2D eigenvalue weighted by Crippen LogP contribution is 2.22. The number of thiophene rings is 1. The zero-order valence-corrected chi connectivity index (χ0v) is 15.8. The Morgan fingerprint density at radius 2 is 1.88 bits per heavy atom. The number of hydrogen-bond donors (Lipinski definition) is 1. The van der Waals surface area contributed by atoms with Gasteiger partial charge in [-0.2, -0.15) is 4.31 Å². The van der Waals surface area contributed by atoms with Crippen molar-refractivity contribution in [3.8, 4) is 5.75 Å². The van der Waals surface area contributed by atoms with E-state index in [2.05, 4.69) is 0 Å². The fourth-order valence-electron chi connectivity index (χ4n) is 2.79. The molecule has 1 fully saturated rings. The summed E-state index contributed by atoms with van der Waals surface area (Å²) in [7, 11) is -3.43. The normalized spacial score (nSPS) is 17.9. The highest BCUT2D eigenvalue weighted by Gasteiger charge is 2.29. The second-order valence-corrected chi connectivity index (χ2v) is 9.14. The topological polar surface area (TPSA) is 70.1 Å². The van der Waals surface area contributed by atoms with E-state index in [1.54, 1.807) is 29.6 Å². The molecule has 6 nitrogen and oxygen atoms in total. The summed E-state index contributed by atoms with van der Waals surface area (Å²) in [5, 5.41) is 11.9. The van der Waals surface area contributed by atoms with Gasteiger partial charge in [-0.1, -0.05) is 18.2 Å². The number of rotatable bonds is 7. The van der Waals surface area contributed by atoms with Crippen molar-refractivity contribution in [2.75, 3.05) is 39.3 Å². The Balaban J connectivity index is 1.46. The standard InChI is InChI=1S/C17H21FN2O4S2/c18-15-4-1-2-5-16(15)24-13-14(21)12-19-7-9-20(10-8-19)26(22,23)17-6-3-11-25-17/h1-6,11,14,21H,7-10,12-13H2. The molecule has 1 unspecified atom stereocenters. The molecule has 3 rings (SSSR count). The van der Waals surface area contributed by atoms with Crippen molar-refractivity contribution in [2.45, 2.75) is 10.3 Å². The Morgan fingerprint density at radius 1 is 1.15 bits per heavy atom. The summed E-state index contributed by atoms with van der Waals surface area (Å²) >= 11 is 1.21. The predicted molar refractivity (Wildman–Crippen MR) is 97.4 cm³/mol. The minimum absolute atomic E-state index is 0.0192. The summed E-state index contributed by atoms with van der Waals surface area (Å²) in [5.74, 6) is -0.356. The number of piperazine rings is 1. The van der Waals surface area contributed by atoms with Gasteiger partial charge >= 0.3 is 0 Å². The number of benzene rings is 1. The molecule has 9 heteroatoms. The van der Waals surface area contributed by atoms with Crippen LogP contribution in [0.4, 0.5) is 4.39 Å². The van der Waals surface area contributed by atoms with E-state index in [1.807, 2.05) is 4.90 Å². The average Bonchev–Trinajstić information content (AvgIpc) is 3.17. The van der Waals surface area contributed by atoms with Gasteiger partial charge in [0, 0.05) is 32.7 Å². The van der Waals surface area contributed by atoms with Crippen LogP contribution in [-0.4, -0.2) is 68.2 Å². The third-order valence-corrected chi connectivity index (χ3v) is 7.43. The molecule has 2 aromatic rings. The van der Waals surface area contributed by atoms with Gasteiger partial charge in [0.25, 0.3) is 10.0 Å². The van der Waals surface area contributed by atoms with Gasteiger partial charge in [0.2, 0.25) is 0 Å². The third kappa shape index (κ3) is 4.60. The molecule has 2 heterocycles. The van der Waals surface area contributed by atoms with Crippen molar-refractivity contribution in [3.05, 3.63) is 47.6 Å². The first-order valence-electron chi connectivity index (χ1n) is 8.28. The summed E-state index contributed by atoms with van der Waals surface area (Å²) in [5.41, 5.74) is 0. The van der Waals surface area contributed by atoms with E-state index in [4.69, 9.17) is 4.74 Å². The molecule has 26 heavy (non-hydrogen) atoms. The molecule has 1 N–H and O–H groups in total. The molecule has 0 bridgehead atoms. The summed E-state index contributed by atoms with van der Waals surface area (Å²) in [6, 6.07) is 9.38. The van der Waals surface area contributed by atoms with Crippen LogP contribution in [0, 0.1) is 5.82 Å². The van der Waals surface area contributed by atoms with Crippen LogP contribution in [0.2, 0.25) is 0 Å². The Kier molecular flexibility index (Phi) is 6.25. The monoisotopic (exact) mass is 400 g/mol. The molecule has 0 saturated carbocycles. The van der Waals surface area contributed by atoms with Crippen LogP contribution in [-0.2, 0) is 10.0 Å². The zero-order valence-electron chi connectivity index (χ0n) is 14.1. The van der Waals surface area contributed by atoms with Gasteiger partial charge in [0.15, 0.2) is 11.6 Å². The summed E-state index contributed by atoms with van der Waals surface area (Å²) in [4.78, 5) is 1.98. The lowest BCUT2D eigenvalue weighted by Gasteiger charge is -2.34. The van der Waals surface area contributed by atoms with E-state index >= 15 is 0 Å². The number of β-amino-alcohol motifs (C(OH)–C–C–N with tert-alkyl or cyclic N) is 1. The molecule has 1 aromatic carbocycles. The molecule has 1 aliphatic heterocycles. The molecule has 0 amide bonds. The van der Waals surface area contributed by atoms with Gasteiger partial charge in [0.05, 0.1) is 0 Å². The Hall–Kier alpha value is -1.52. The van der Waals surface area contributed by atoms with Crippen molar-refractivity contribution < 1.29 is 22.7 Å². The summed E-state index contributed by atoms with van der Waals surface area (Å²) in [6.07, 6.45) is -0.782. The number of nitrogens with zero attached hydrogens (tertiary/aromatic N) is 2. The van der Waals surface area contributed by atoms with Crippen molar-refractivity contribution in [2.24, 2.45) is 0 Å². The van der Waals surface area contributed by atoms with Gasteiger partial charge in [0.1, 0.15) is 16.9 Å². The number of halogens is 1.